The lowest BCUT2D eigenvalue weighted by Gasteiger charge is -2.36. The molecule has 1 aliphatic heterocycles. The maximum atomic E-state index is 14.0. The summed E-state index contributed by atoms with van der Waals surface area (Å²) in [5, 5.41) is 5.36. The average molecular weight is 348 g/mol. The van der Waals surface area contributed by atoms with E-state index < -0.39 is 0 Å². The summed E-state index contributed by atoms with van der Waals surface area (Å²) in [4.78, 5) is 0. The Hall–Kier alpha value is 0.1000. The van der Waals surface area contributed by atoms with Gasteiger partial charge < -0.3 is 5.32 Å². The number of hydrogen-bond acceptors (Lipinski definition) is 3. The standard InChI is InChI=1S/C16H23ClFNS2/c1-3-15-16(21-8-7-20-15)14(19-4-2)10-11-9-12(17)5-6-13(11)18/h5-6,9,14-16,19H,3-4,7-8,10H2,1-2H3. The second kappa shape index (κ2) is 8.66. The van der Waals surface area contributed by atoms with Crippen molar-refractivity contribution in [2.45, 2.75) is 43.2 Å². The first-order valence-electron chi connectivity index (χ1n) is 7.56. The Morgan fingerprint density at radius 2 is 2.10 bits per heavy atom. The van der Waals surface area contributed by atoms with Crippen LogP contribution in [0.3, 0.4) is 0 Å². The van der Waals surface area contributed by atoms with Gasteiger partial charge in [-0.25, -0.2) is 4.39 Å². The van der Waals surface area contributed by atoms with Gasteiger partial charge in [-0.3, -0.25) is 0 Å². The summed E-state index contributed by atoms with van der Waals surface area (Å²) in [5.41, 5.74) is 0.722. The number of thioether (sulfide) groups is 2. The summed E-state index contributed by atoms with van der Waals surface area (Å²) in [6.45, 7) is 5.27. The molecule has 0 spiro atoms. The predicted octanol–water partition coefficient (Wildman–Crippen LogP) is 4.63. The molecule has 21 heavy (non-hydrogen) atoms. The van der Waals surface area contributed by atoms with Crippen LogP contribution in [0.5, 0.6) is 0 Å². The van der Waals surface area contributed by atoms with Crippen molar-refractivity contribution >= 4 is 35.1 Å². The molecule has 1 aromatic carbocycles. The van der Waals surface area contributed by atoms with E-state index in [2.05, 4.69) is 30.9 Å². The van der Waals surface area contributed by atoms with Crippen LogP contribution in [0.1, 0.15) is 25.8 Å². The number of hydrogen-bond donors (Lipinski definition) is 1. The first-order valence-corrected chi connectivity index (χ1v) is 10.0. The third-order valence-corrected chi connectivity index (χ3v) is 7.45. The van der Waals surface area contributed by atoms with Crippen LogP contribution < -0.4 is 5.32 Å². The molecule has 0 amide bonds. The SMILES string of the molecule is CCNC(Cc1cc(Cl)ccc1F)C1SCCSC1CC. The normalized spacial score (nSPS) is 24.0. The molecule has 5 heteroatoms. The number of halogens is 2. The molecule has 1 fully saturated rings. The molecule has 0 bridgehead atoms. The van der Waals surface area contributed by atoms with E-state index in [4.69, 9.17) is 11.6 Å². The molecular weight excluding hydrogens is 325 g/mol. The highest BCUT2D eigenvalue weighted by atomic mass is 35.5. The molecule has 0 radical (unpaired) electrons. The average Bonchev–Trinajstić information content (AvgIpc) is 2.50. The van der Waals surface area contributed by atoms with Crippen molar-refractivity contribution < 1.29 is 4.39 Å². The Morgan fingerprint density at radius 1 is 1.33 bits per heavy atom. The molecule has 1 saturated heterocycles. The fourth-order valence-electron chi connectivity index (χ4n) is 2.81. The molecule has 1 heterocycles. The van der Waals surface area contributed by atoms with Crippen LogP contribution in [0.15, 0.2) is 18.2 Å². The highest BCUT2D eigenvalue weighted by Gasteiger charge is 2.32. The maximum Gasteiger partial charge on any atom is 0.126 e. The Balaban J connectivity index is 2.15. The second-order valence-corrected chi connectivity index (χ2v) is 8.33. The molecule has 0 aromatic heterocycles. The van der Waals surface area contributed by atoms with Crippen molar-refractivity contribution in [2.24, 2.45) is 0 Å². The lowest BCUT2D eigenvalue weighted by Crippen LogP contribution is -2.46. The highest BCUT2D eigenvalue weighted by molar-refractivity contribution is 8.07. The van der Waals surface area contributed by atoms with Crippen molar-refractivity contribution in [2.75, 3.05) is 18.1 Å². The van der Waals surface area contributed by atoms with Gasteiger partial charge in [-0.15, -0.1) is 0 Å². The zero-order valence-corrected chi connectivity index (χ0v) is 15.0. The number of likely N-dealkylation sites (N-methyl/N-ethyl adjacent to an activating group) is 1. The first kappa shape index (κ1) is 17.5. The van der Waals surface area contributed by atoms with Gasteiger partial charge in [0.1, 0.15) is 5.82 Å². The van der Waals surface area contributed by atoms with Crippen LogP contribution in [0.25, 0.3) is 0 Å². The third kappa shape index (κ3) is 4.78. The van der Waals surface area contributed by atoms with Gasteiger partial charge in [0.05, 0.1) is 0 Å². The Morgan fingerprint density at radius 3 is 2.81 bits per heavy atom. The van der Waals surface area contributed by atoms with E-state index in [0.29, 0.717) is 28.0 Å². The summed E-state index contributed by atoms with van der Waals surface area (Å²) in [6.07, 6.45) is 1.87. The van der Waals surface area contributed by atoms with E-state index in [0.717, 1.165) is 12.1 Å². The number of benzene rings is 1. The van der Waals surface area contributed by atoms with Crippen LogP contribution in [0.2, 0.25) is 5.02 Å². The summed E-state index contributed by atoms with van der Waals surface area (Å²) in [5.74, 6) is 2.26. The third-order valence-electron chi connectivity index (χ3n) is 3.80. The Labute approximate surface area is 140 Å². The van der Waals surface area contributed by atoms with E-state index >= 15 is 0 Å². The molecule has 2 rings (SSSR count). The minimum Gasteiger partial charge on any atom is -0.313 e. The zero-order valence-electron chi connectivity index (χ0n) is 12.6. The van der Waals surface area contributed by atoms with Crippen LogP contribution in [-0.4, -0.2) is 34.6 Å². The van der Waals surface area contributed by atoms with Gasteiger partial charge in [0.2, 0.25) is 0 Å². The maximum absolute atomic E-state index is 14.0. The molecule has 3 atom stereocenters. The molecule has 0 aliphatic carbocycles. The lowest BCUT2D eigenvalue weighted by atomic mass is 9.99. The largest absolute Gasteiger partial charge is 0.313 e. The zero-order chi connectivity index (χ0) is 15.2. The van der Waals surface area contributed by atoms with E-state index in [1.54, 1.807) is 12.1 Å². The van der Waals surface area contributed by atoms with E-state index in [1.807, 2.05) is 11.8 Å². The van der Waals surface area contributed by atoms with Crippen molar-refractivity contribution in [3.05, 3.63) is 34.6 Å². The van der Waals surface area contributed by atoms with Gasteiger partial charge in [-0.2, -0.15) is 23.5 Å². The monoisotopic (exact) mass is 347 g/mol. The van der Waals surface area contributed by atoms with Crippen LogP contribution in [0, 0.1) is 5.82 Å². The van der Waals surface area contributed by atoms with Crippen molar-refractivity contribution in [1.82, 2.24) is 5.32 Å². The smallest absolute Gasteiger partial charge is 0.126 e. The topological polar surface area (TPSA) is 12.0 Å². The van der Waals surface area contributed by atoms with Gasteiger partial charge in [0.25, 0.3) is 0 Å². The molecule has 1 aliphatic rings. The second-order valence-electron chi connectivity index (χ2n) is 5.26. The van der Waals surface area contributed by atoms with Gasteiger partial charge >= 0.3 is 0 Å². The van der Waals surface area contributed by atoms with E-state index in [9.17, 15) is 4.39 Å². The van der Waals surface area contributed by atoms with Crippen molar-refractivity contribution in [1.29, 1.82) is 0 Å². The Bertz CT molecular complexity index is 458. The lowest BCUT2D eigenvalue weighted by molar-refractivity contribution is 0.479. The van der Waals surface area contributed by atoms with Gasteiger partial charge in [-0.05, 0) is 43.1 Å². The molecule has 1 nitrogen and oxygen atoms in total. The molecule has 0 saturated carbocycles. The van der Waals surface area contributed by atoms with Crippen molar-refractivity contribution in [3.8, 4) is 0 Å². The molecule has 1 aromatic rings. The fourth-order valence-corrected chi connectivity index (χ4v) is 6.27. The molecular formula is C16H23ClFNS2. The van der Waals surface area contributed by atoms with Crippen LogP contribution in [0.4, 0.5) is 4.39 Å². The summed E-state index contributed by atoms with van der Waals surface area (Å²) >= 11 is 10.1. The van der Waals surface area contributed by atoms with Crippen molar-refractivity contribution in [3.63, 3.8) is 0 Å². The highest BCUT2D eigenvalue weighted by Crippen LogP contribution is 2.36. The van der Waals surface area contributed by atoms with Gasteiger partial charge in [0, 0.05) is 33.1 Å². The van der Waals surface area contributed by atoms with E-state index in [1.165, 1.54) is 24.0 Å². The van der Waals surface area contributed by atoms with Crippen LogP contribution >= 0.6 is 35.1 Å². The van der Waals surface area contributed by atoms with Gasteiger partial charge in [0.15, 0.2) is 0 Å². The number of rotatable bonds is 6. The molecule has 1 N–H and O–H groups in total. The minimum atomic E-state index is -0.149. The minimum absolute atomic E-state index is 0.149. The number of nitrogens with one attached hydrogen (secondary N) is 1. The molecule has 118 valence electrons. The quantitative estimate of drug-likeness (QED) is 0.806. The Kier molecular flexibility index (Phi) is 7.20. The van der Waals surface area contributed by atoms with Crippen LogP contribution in [-0.2, 0) is 6.42 Å². The summed E-state index contributed by atoms with van der Waals surface area (Å²) in [7, 11) is 0. The van der Waals surface area contributed by atoms with E-state index in [-0.39, 0.29) is 5.82 Å². The predicted molar refractivity (Wildman–Crippen MR) is 95.4 cm³/mol. The summed E-state index contributed by atoms with van der Waals surface area (Å²) < 4.78 is 14.0. The molecule has 3 unspecified atom stereocenters. The fraction of sp³-hybridized carbons (Fsp3) is 0.625. The first-order chi connectivity index (χ1) is 10.2. The van der Waals surface area contributed by atoms with Gasteiger partial charge in [-0.1, -0.05) is 25.4 Å². The summed E-state index contributed by atoms with van der Waals surface area (Å²) in [6, 6.07) is 5.15.